The quantitative estimate of drug-likeness (QED) is 0.782. The van der Waals surface area contributed by atoms with Crippen molar-refractivity contribution >= 4 is 5.91 Å². The van der Waals surface area contributed by atoms with Crippen molar-refractivity contribution in [1.29, 1.82) is 0 Å². The second kappa shape index (κ2) is 5.60. The SMILES string of the molecule is CC(C1CC1)N(C)C(=O)C1(CN)CCCCCC1. The van der Waals surface area contributed by atoms with Gasteiger partial charge in [-0.3, -0.25) is 4.79 Å². The summed E-state index contributed by atoms with van der Waals surface area (Å²) in [7, 11) is 1.98. The Bertz CT molecular complexity index is 291. The Hall–Kier alpha value is -0.570. The van der Waals surface area contributed by atoms with Crippen molar-refractivity contribution in [3.05, 3.63) is 0 Å². The number of carbonyl (C=O) groups excluding carboxylic acids is 1. The molecule has 2 saturated carbocycles. The van der Waals surface area contributed by atoms with Crippen LogP contribution in [0.25, 0.3) is 0 Å². The van der Waals surface area contributed by atoms with Gasteiger partial charge < -0.3 is 10.6 Å². The van der Waals surface area contributed by atoms with E-state index in [1.54, 1.807) is 0 Å². The summed E-state index contributed by atoms with van der Waals surface area (Å²) >= 11 is 0. The zero-order valence-electron chi connectivity index (χ0n) is 12.0. The van der Waals surface area contributed by atoms with Crippen molar-refractivity contribution < 1.29 is 4.79 Å². The minimum Gasteiger partial charge on any atom is -0.342 e. The van der Waals surface area contributed by atoms with Crippen molar-refractivity contribution in [3.8, 4) is 0 Å². The summed E-state index contributed by atoms with van der Waals surface area (Å²) in [4.78, 5) is 14.8. The molecule has 0 saturated heterocycles. The zero-order valence-corrected chi connectivity index (χ0v) is 12.0. The van der Waals surface area contributed by atoms with Gasteiger partial charge in [-0.1, -0.05) is 25.7 Å². The molecule has 0 aliphatic heterocycles. The molecule has 2 aliphatic rings. The predicted octanol–water partition coefficient (Wildman–Crippen LogP) is 2.54. The van der Waals surface area contributed by atoms with Crippen LogP contribution in [0, 0.1) is 11.3 Å². The standard InChI is InChI=1S/C15H28N2O/c1-12(13-7-8-13)17(2)14(18)15(11-16)9-5-3-4-6-10-15/h12-13H,3-11,16H2,1-2H3. The molecule has 2 rings (SSSR count). The second-order valence-electron chi connectivity index (χ2n) is 6.39. The van der Waals surface area contributed by atoms with E-state index in [2.05, 4.69) is 6.92 Å². The topological polar surface area (TPSA) is 46.3 Å². The lowest BCUT2D eigenvalue weighted by molar-refractivity contribution is -0.143. The third-order valence-electron chi connectivity index (χ3n) is 5.14. The molecule has 0 aromatic carbocycles. The summed E-state index contributed by atoms with van der Waals surface area (Å²) in [5, 5.41) is 0. The van der Waals surface area contributed by atoms with Gasteiger partial charge in [0.25, 0.3) is 0 Å². The van der Waals surface area contributed by atoms with Crippen LogP contribution in [0.3, 0.4) is 0 Å². The largest absolute Gasteiger partial charge is 0.342 e. The number of hydrogen-bond acceptors (Lipinski definition) is 2. The lowest BCUT2D eigenvalue weighted by Gasteiger charge is -2.37. The molecule has 0 radical (unpaired) electrons. The summed E-state index contributed by atoms with van der Waals surface area (Å²) < 4.78 is 0. The van der Waals surface area contributed by atoms with Crippen LogP contribution in [0.15, 0.2) is 0 Å². The van der Waals surface area contributed by atoms with E-state index >= 15 is 0 Å². The normalized spacial score (nSPS) is 25.3. The molecule has 104 valence electrons. The van der Waals surface area contributed by atoms with Crippen molar-refractivity contribution in [2.24, 2.45) is 17.1 Å². The van der Waals surface area contributed by atoms with E-state index in [1.807, 2.05) is 11.9 Å². The third kappa shape index (κ3) is 2.71. The van der Waals surface area contributed by atoms with Gasteiger partial charge in [0, 0.05) is 19.6 Å². The molecule has 0 aromatic rings. The van der Waals surface area contributed by atoms with E-state index < -0.39 is 0 Å². The molecule has 1 unspecified atom stereocenters. The Morgan fingerprint density at radius 2 is 1.83 bits per heavy atom. The minimum absolute atomic E-state index is 0.256. The van der Waals surface area contributed by atoms with Crippen molar-refractivity contribution in [2.75, 3.05) is 13.6 Å². The molecular weight excluding hydrogens is 224 g/mol. The maximum absolute atomic E-state index is 12.8. The third-order valence-corrected chi connectivity index (χ3v) is 5.14. The Morgan fingerprint density at radius 1 is 1.28 bits per heavy atom. The van der Waals surface area contributed by atoms with E-state index in [1.165, 1.54) is 25.7 Å². The number of carbonyl (C=O) groups is 1. The molecule has 3 nitrogen and oxygen atoms in total. The lowest BCUT2D eigenvalue weighted by Crippen LogP contribution is -2.49. The summed E-state index contributed by atoms with van der Waals surface area (Å²) in [6.07, 6.45) is 9.40. The summed E-state index contributed by atoms with van der Waals surface area (Å²) in [5.41, 5.74) is 5.74. The van der Waals surface area contributed by atoms with Crippen LogP contribution < -0.4 is 5.73 Å². The smallest absolute Gasteiger partial charge is 0.230 e. The van der Waals surface area contributed by atoms with E-state index in [4.69, 9.17) is 5.73 Å². The Labute approximate surface area is 111 Å². The number of amides is 1. The first kappa shape index (κ1) is 13.9. The fourth-order valence-corrected chi connectivity index (χ4v) is 3.36. The molecule has 1 atom stereocenters. The molecule has 2 aliphatic carbocycles. The summed E-state index contributed by atoms with van der Waals surface area (Å²) in [6, 6.07) is 0.393. The van der Waals surface area contributed by atoms with Crippen LogP contribution in [0.4, 0.5) is 0 Å². The first-order valence-corrected chi connectivity index (χ1v) is 7.58. The molecule has 2 N–H and O–H groups in total. The molecule has 3 heteroatoms. The molecule has 2 fully saturated rings. The van der Waals surface area contributed by atoms with Crippen LogP contribution >= 0.6 is 0 Å². The van der Waals surface area contributed by atoms with Gasteiger partial charge in [-0.15, -0.1) is 0 Å². The van der Waals surface area contributed by atoms with Crippen LogP contribution in [-0.2, 0) is 4.79 Å². The first-order chi connectivity index (χ1) is 8.60. The minimum atomic E-state index is -0.256. The van der Waals surface area contributed by atoms with Gasteiger partial charge in [-0.2, -0.15) is 0 Å². The highest BCUT2D eigenvalue weighted by Gasteiger charge is 2.42. The Balaban J connectivity index is 2.07. The predicted molar refractivity (Wildman–Crippen MR) is 74.1 cm³/mol. The average Bonchev–Trinajstić information content (AvgIpc) is 3.22. The van der Waals surface area contributed by atoms with Crippen molar-refractivity contribution in [2.45, 2.75) is 64.3 Å². The molecule has 1 amide bonds. The van der Waals surface area contributed by atoms with E-state index in [0.717, 1.165) is 31.6 Å². The highest BCUT2D eigenvalue weighted by Crippen LogP contribution is 2.39. The molecule has 0 heterocycles. The lowest BCUT2D eigenvalue weighted by atomic mass is 9.78. The van der Waals surface area contributed by atoms with E-state index in [-0.39, 0.29) is 5.41 Å². The maximum atomic E-state index is 12.8. The van der Waals surface area contributed by atoms with Gasteiger partial charge in [0.1, 0.15) is 0 Å². The number of nitrogens with zero attached hydrogens (tertiary/aromatic N) is 1. The van der Waals surface area contributed by atoms with Gasteiger partial charge in [0.05, 0.1) is 5.41 Å². The average molecular weight is 252 g/mol. The molecule has 0 spiro atoms. The number of rotatable bonds is 4. The van der Waals surface area contributed by atoms with Gasteiger partial charge in [-0.05, 0) is 38.5 Å². The molecule has 0 aromatic heterocycles. The van der Waals surface area contributed by atoms with E-state index in [9.17, 15) is 4.79 Å². The highest BCUT2D eigenvalue weighted by atomic mass is 16.2. The van der Waals surface area contributed by atoms with Crippen LogP contribution in [0.2, 0.25) is 0 Å². The van der Waals surface area contributed by atoms with Crippen LogP contribution in [0.1, 0.15) is 58.3 Å². The van der Waals surface area contributed by atoms with E-state index in [0.29, 0.717) is 18.5 Å². The monoisotopic (exact) mass is 252 g/mol. The fraction of sp³-hybridized carbons (Fsp3) is 0.933. The molecule has 0 bridgehead atoms. The second-order valence-corrected chi connectivity index (χ2v) is 6.39. The fourth-order valence-electron chi connectivity index (χ4n) is 3.36. The number of nitrogens with two attached hydrogens (primary N) is 1. The zero-order chi connectivity index (χ0) is 13.2. The maximum Gasteiger partial charge on any atom is 0.230 e. The van der Waals surface area contributed by atoms with Gasteiger partial charge in [0.2, 0.25) is 5.91 Å². The van der Waals surface area contributed by atoms with Crippen LogP contribution in [0.5, 0.6) is 0 Å². The summed E-state index contributed by atoms with van der Waals surface area (Å²) in [5.74, 6) is 1.05. The van der Waals surface area contributed by atoms with Gasteiger partial charge in [0.15, 0.2) is 0 Å². The summed E-state index contributed by atoms with van der Waals surface area (Å²) in [6.45, 7) is 2.71. The van der Waals surface area contributed by atoms with Crippen molar-refractivity contribution in [1.82, 2.24) is 4.90 Å². The van der Waals surface area contributed by atoms with Gasteiger partial charge >= 0.3 is 0 Å². The molecule has 18 heavy (non-hydrogen) atoms. The highest BCUT2D eigenvalue weighted by molar-refractivity contribution is 5.83. The Kier molecular flexibility index (Phi) is 4.31. The first-order valence-electron chi connectivity index (χ1n) is 7.58. The van der Waals surface area contributed by atoms with Gasteiger partial charge in [-0.25, -0.2) is 0 Å². The molecular formula is C15H28N2O. The van der Waals surface area contributed by atoms with Crippen LogP contribution in [-0.4, -0.2) is 30.4 Å². The Morgan fingerprint density at radius 3 is 2.28 bits per heavy atom. The number of hydrogen-bond donors (Lipinski definition) is 1. The van der Waals surface area contributed by atoms with Crippen molar-refractivity contribution in [3.63, 3.8) is 0 Å².